The van der Waals surface area contributed by atoms with E-state index in [1.165, 1.54) is 0 Å². The highest BCUT2D eigenvalue weighted by Gasteiger charge is 2.03. The fraction of sp³-hybridized carbons (Fsp3) is 0.111. The van der Waals surface area contributed by atoms with Crippen LogP contribution in [0.1, 0.15) is 11.4 Å². The van der Waals surface area contributed by atoms with Gasteiger partial charge in [-0.3, -0.25) is 0 Å². The lowest BCUT2D eigenvalue weighted by atomic mass is 10.3. The van der Waals surface area contributed by atoms with Crippen molar-refractivity contribution in [3.05, 3.63) is 67.0 Å². The van der Waals surface area contributed by atoms with Gasteiger partial charge in [-0.15, -0.1) is 0 Å². The van der Waals surface area contributed by atoms with Gasteiger partial charge in [-0.05, 0) is 50.2 Å². The second kappa shape index (κ2) is 8.13. The van der Waals surface area contributed by atoms with Gasteiger partial charge in [0.05, 0.1) is 33.5 Å². The fourth-order valence-electron chi connectivity index (χ4n) is 2.19. The maximum absolute atomic E-state index is 5.85. The van der Waals surface area contributed by atoms with Crippen LogP contribution in [-0.4, -0.2) is 19.9 Å². The molecule has 0 spiro atoms. The van der Waals surface area contributed by atoms with Crippen molar-refractivity contribution in [2.24, 2.45) is 0 Å². The second-order valence-corrected chi connectivity index (χ2v) is 8.01. The van der Waals surface area contributed by atoms with Gasteiger partial charge < -0.3 is 0 Å². The molecular weight excluding hydrogens is 503 g/mol. The Morgan fingerprint density at radius 3 is 1.54 bits per heavy atom. The van der Waals surface area contributed by atoms with E-state index in [0.29, 0.717) is 10.3 Å². The third-order valence-electron chi connectivity index (χ3n) is 3.49. The summed E-state index contributed by atoms with van der Waals surface area (Å²) >= 11 is 18.4. The molecular formula is C18H12Br2Cl2N4. The number of hydrogen-bond acceptors (Lipinski definition) is 4. The van der Waals surface area contributed by atoms with E-state index in [1.807, 2.05) is 50.2 Å². The second-order valence-electron chi connectivity index (χ2n) is 5.47. The van der Waals surface area contributed by atoms with Crippen molar-refractivity contribution in [3.8, 4) is 0 Å². The van der Waals surface area contributed by atoms with Gasteiger partial charge in [0, 0.05) is 8.95 Å². The molecule has 2 aromatic carbocycles. The lowest BCUT2D eigenvalue weighted by molar-refractivity contribution is 1.18. The molecule has 26 heavy (non-hydrogen) atoms. The molecule has 132 valence electrons. The zero-order valence-corrected chi connectivity index (χ0v) is 18.4. The molecule has 0 aliphatic heterocycles. The third-order valence-corrected chi connectivity index (χ3v) is 5.19. The number of nitrogens with zero attached hydrogens (tertiary/aromatic N) is 4. The van der Waals surface area contributed by atoms with Crippen LogP contribution >= 0.6 is 55.1 Å². The van der Waals surface area contributed by atoms with Crippen molar-refractivity contribution in [2.45, 2.75) is 13.8 Å². The zero-order chi connectivity index (χ0) is 18.8. The molecule has 0 saturated heterocycles. The molecule has 2 heterocycles. The van der Waals surface area contributed by atoms with Gasteiger partial charge in [-0.1, -0.05) is 55.1 Å². The standard InChI is InChI=1S/2C9H6BrClN2/c1-5-9(11)13-7-3-2-6(10)4-8(7)12-5;1-5-9(11)13-8-4-6(10)2-3-7(8)12-5/h2*2-4H,1H3. The first kappa shape index (κ1) is 19.4. The van der Waals surface area contributed by atoms with Crippen LogP contribution in [-0.2, 0) is 0 Å². The van der Waals surface area contributed by atoms with Gasteiger partial charge in [0.1, 0.15) is 0 Å². The number of aryl methyl sites for hydroxylation is 2. The number of aromatic nitrogens is 4. The molecule has 0 saturated carbocycles. The van der Waals surface area contributed by atoms with E-state index in [0.717, 1.165) is 42.4 Å². The Morgan fingerprint density at radius 1 is 0.615 bits per heavy atom. The highest BCUT2D eigenvalue weighted by atomic mass is 79.9. The van der Waals surface area contributed by atoms with Gasteiger partial charge in [0.2, 0.25) is 0 Å². The SMILES string of the molecule is Cc1nc2cc(Br)ccc2nc1Cl.Cc1nc2ccc(Br)cc2nc1Cl. The van der Waals surface area contributed by atoms with Gasteiger partial charge in [0.25, 0.3) is 0 Å². The normalized spacial score (nSPS) is 10.7. The summed E-state index contributed by atoms with van der Waals surface area (Å²) < 4.78 is 1.98. The molecule has 0 aliphatic rings. The molecule has 0 unspecified atom stereocenters. The first-order chi connectivity index (χ1) is 12.3. The van der Waals surface area contributed by atoms with Gasteiger partial charge in [-0.25, -0.2) is 19.9 Å². The summed E-state index contributed by atoms with van der Waals surface area (Å²) in [6, 6.07) is 11.5. The highest BCUT2D eigenvalue weighted by molar-refractivity contribution is 9.10. The molecule has 8 heteroatoms. The van der Waals surface area contributed by atoms with Crippen molar-refractivity contribution in [3.63, 3.8) is 0 Å². The molecule has 0 aliphatic carbocycles. The predicted molar refractivity (Wildman–Crippen MR) is 114 cm³/mol. The molecule has 0 radical (unpaired) electrons. The first-order valence-corrected chi connectivity index (χ1v) is 9.86. The molecule has 0 N–H and O–H groups in total. The predicted octanol–water partition coefficient (Wildman–Crippen LogP) is 6.71. The van der Waals surface area contributed by atoms with E-state index < -0.39 is 0 Å². The number of halogens is 4. The van der Waals surface area contributed by atoms with Crippen molar-refractivity contribution in [1.29, 1.82) is 0 Å². The van der Waals surface area contributed by atoms with E-state index in [2.05, 4.69) is 51.8 Å². The molecule has 0 amide bonds. The average molecular weight is 515 g/mol. The van der Waals surface area contributed by atoms with Gasteiger partial charge in [-0.2, -0.15) is 0 Å². The number of rotatable bonds is 0. The van der Waals surface area contributed by atoms with Crippen LogP contribution in [0.3, 0.4) is 0 Å². The summed E-state index contributed by atoms with van der Waals surface area (Å²) in [5.74, 6) is 0. The van der Waals surface area contributed by atoms with E-state index in [9.17, 15) is 0 Å². The number of fused-ring (bicyclic) bond motifs is 2. The molecule has 4 aromatic rings. The van der Waals surface area contributed by atoms with Crippen LogP contribution in [0.5, 0.6) is 0 Å². The quantitative estimate of drug-likeness (QED) is 0.262. The maximum Gasteiger partial charge on any atom is 0.150 e. The summed E-state index contributed by atoms with van der Waals surface area (Å²) in [6.07, 6.45) is 0. The Hall–Kier alpha value is -1.34. The van der Waals surface area contributed by atoms with E-state index in [4.69, 9.17) is 23.2 Å². The van der Waals surface area contributed by atoms with E-state index >= 15 is 0 Å². The number of benzene rings is 2. The average Bonchev–Trinajstić information content (AvgIpc) is 2.58. The molecule has 0 fully saturated rings. The van der Waals surface area contributed by atoms with Gasteiger partial charge >= 0.3 is 0 Å². The van der Waals surface area contributed by atoms with Crippen LogP contribution in [0, 0.1) is 13.8 Å². The summed E-state index contributed by atoms with van der Waals surface area (Å²) in [6.45, 7) is 3.69. The monoisotopic (exact) mass is 512 g/mol. The fourth-order valence-corrected chi connectivity index (χ4v) is 3.15. The Labute approximate surface area is 177 Å². The maximum atomic E-state index is 5.85. The van der Waals surface area contributed by atoms with Crippen LogP contribution in [0.15, 0.2) is 45.3 Å². The Morgan fingerprint density at radius 2 is 1.00 bits per heavy atom. The zero-order valence-electron chi connectivity index (χ0n) is 13.8. The van der Waals surface area contributed by atoms with Crippen molar-refractivity contribution < 1.29 is 0 Å². The van der Waals surface area contributed by atoms with E-state index in [1.54, 1.807) is 0 Å². The Bertz CT molecular complexity index is 1030. The van der Waals surface area contributed by atoms with Crippen molar-refractivity contribution >= 4 is 77.1 Å². The van der Waals surface area contributed by atoms with E-state index in [-0.39, 0.29) is 0 Å². The molecule has 4 rings (SSSR count). The smallest absolute Gasteiger partial charge is 0.150 e. The summed E-state index contributed by atoms with van der Waals surface area (Å²) in [5.41, 5.74) is 4.87. The van der Waals surface area contributed by atoms with Crippen LogP contribution in [0.25, 0.3) is 22.1 Å². The minimum absolute atomic E-state index is 0.464. The summed E-state index contributed by atoms with van der Waals surface area (Å²) in [5, 5.41) is 0.931. The number of hydrogen-bond donors (Lipinski definition) is 0. The van der Waals surface area contributed by atoms with Gasteiger partial charge in [0.15, 0.2) is 10.3 Å². The van der Waals surface area contributed by atoms with Crippen LogP contribution in [0.4, 0.5) is 0 Å². The lowest BCUT2D eigenvalue weighted by Gasteiger charge is -2.00. The Balaban J connectivity index is 0.000000151. The first-order valence-electron chi connectivity index (χ1n) is 7.52. The third kappa shape index (κ3) is 4.49. The highest BCUT2D eigenvalue weighted by Crippen LogP contribution is 2.21. The minimum Gasteiger partial charge on any atom is -0.248 e. The summed E-state index contributed by atoms with van der Waals surface area (Å²) in [7, 11) is 0. The van der Waals surface area contributed by atoms with Crippen molar-refractivity contribution in [1.82, 2.24) is 19.9 Å². The van der Waals surface area contributed by atoms with Crippen LogP contribution in [0.2, 0.25) is 10.3 Å². The Kier molecular flexibility index (Phi) is 6.07. The molecule has 0 atom stereocenters. The summed E-state index contributed by atoms with van der Waals surface area (Å²) in [4.78, 5) is 17.0. The van der Waals surface area contributed by atoms with Crippen LogP contribution < -0.4 is 0 Å². The molecule has 0 bridgehead atoms. The topological polar surface area (TPSA) is 51.6 Å². The minimum atomic E-state index is 0.464. The lowest BCUT2D eigenvalue weighted by Crippen LogP contribution is -1.89. The van der Waals surface area contributed by atoms with Crippen molar-refractivity contribution in [2.75, 3.05) is 0 Å². The largest absolute Gasteiger partial charge is 0.248 e. The molecule has 2 aromatic heterocycles. The molecule has 4 nitrogen and oxygen atoms in total.